The molecule has 1 aliphatic heterocycles. The summed E-state index contributed by atoms with van der Waals surface area (Å²) in [5.41, 5.74) is 1.57. The molecule has 1 saturated heterocycles. The number of ether oxygens (including phenoxy) is 1. The van der Waals surface area contributed by atoms with E-state index in [4.69, 9.17) is 4.74 Å². The first-order valence-electron chi connectivity index (χ1n) is 8.20. The molecular weight excluding hydrogens is 354 g/mol. The van der Waals surface area contributed by atoms with Crippen molar-refractivity contribution >= 4 is 22.9 Å². The Morgan fingerprint density at radius 3 is 2.54 bits per heavy atom. The van der Waals surface area contributed by atoms with Gasteiger partial charge < -0.3 is 4.74 Å². The van der Waals surface area contributed by atoms with E-state index in [1.54, 1.807) is 18.4 Å². The number of nitrogens with zero attached hydrogens (tertiary/aromatic N) is 2. The van der Waals surface area contributed by atoms with Crippen molar-refractivity contribution in [3.8, 4) is 5.75 Å². The summed E-state index contributed by atoms with van der Waals surface area (Å²) in [6.07, 6.45) is 0.492. The van der Waals surface area contributed by atoms with E-state index < -0.39 is 0 Å². The zero-order valence-corrected chi connectivity index (χ0v) is 15.3. The van der Waals surface area contributed by atoms with Gasteiger partial charge in [-0.1, -0.05) is 23.9 Å². The molecule has 7 nitrogen and oxygen atoms in total. The summed E-state index contributed by atoms with van der Waals surface area (Å²) in [7, 11) is 0. The van der Waals surface area contributed by atoms with Crippen LogP contribution in [-0.4, -0.2) is 32.6 Å². The van der Waals surface area contributed by atoms with E-state index in [0.717, 1.165) is 17.3 Å². The van der Waals surface area contributed by atoms with Crippen LogP contribution in [0, 0.1) is 13.8 Å². The highest BCUT2D eigenvalue weighted by atomic mass is 32.2. The van der Waals surface area contributed by atoms with Gasteiger partial charge >= 0.3 is 0 Å². The third-order valence-electron chi connectivity index (χ3n) is 4.02. The van der Waals surface area contributed by atoms with Crippen LogP contribution in [0.4, 0.5) is 4.79 Å². The number of aryl methyl sites for hydroxylation is 2. The van der Waals surface area contributed by atoms with Gasteiger partial charge in [0, 0.05) is 11.8 Å². The molecule has 3 rings (SSSR count). The van der Waals surface area contributed by atoms with Crippen LogP contribution in [0.15, 0.2) is 35.1 Å². The molecular formula is C18H19N3O4S. The Kier molecular flexibility index (Phi) is 5.41. The van der Waals surface area contributed by atoms with E-state index in [9.17, 15) is 14.4 Å². The van der Waals surface area contributed by atoms with Gasteiger partial charge in [0.05, 0.1) is 11.8 Å². The lowest BCUT2D eigenvalue weighted by atomic mass is 10.1. The molecule has 0 spiro atoms. The largest absolute Gasteiger partial charge is 0.492 e. The molecule has 2 amide bonds. The maximum atomic E-state index is 12.0. The van der Waals surface area contributed by atoms with Crippen molar-refractivity contribution in [3.63, 3.8) is 0 Å². The molecule has 0 aliphatic carbocycles. The van der Waals surface area contributed by atoms with Crippen molar-refractivity contribution in [2.45, 2.75) is 32.1 Å². The Bertz CT molecular complexity index is 892. The van der Waals surface area contributed by atoms with Crippen molar-refractivity contribution in [2.24, 2.45) is 0 Å². The second-order valence-corrected chi connectivity index (χ2v) is 7.19. The summed E-state index contributed by atoms with van der Waals surface area (Å²) < 4.78 is 7.26. The number of rotatable bonds is 6. The second-order valence-electron chi connectivity index (χ2n) is 6.01. The average molecular weight is 373 g/mol. The van der Waals surface area contributed by atoms with Crippen LogP contribution in [0.2, 0.25) is 0 Å². The Morgan fingerprint density at radius 2 is 1.92 bits per heavy atom. The first kappa shape index (κ1) is 18.2. The van der Waals surface area contributed by atoms with E-state index in [1.165, 1.54) is 6.07 Å². The molecule has 1 N–H and O–H groups in total. The summed E-state index contributed by atoms with van der Waals surface area (Å²) in [6, 6.07) is 8.88. The minimum Gasteiger partial charge on any atom is -0.492 e. The van der Waals surface area contributed by atoms with Gasteiger partial charge in [-0.2, -0.15) is 0 Å². The van der Waals surface area contributed by atoms with E-state index >= 15 is 0 Å². The molecule has 0 saturated carbocycles. The van der Waals surface area contributed by atoms with Crippen LogP contribution in [-0.2, 0) is 17.8 Å². The summed E-state index contributed by atoms with van der Waals surface area (Å²) in [6.45, 7) is 4.35. The lowest BCUT2D eigenvalue weighted by Gasteiger charge is -2.11. The molecule has 8 heteroatoms. The van der Waals surface area contributed by atoms with E-state index in [-0.39, 0.29) is 22.0 Å². The van der Waals surface area contributed by atoms with Gasteiger partial charge in [0.1, 0.15) is 18.2 Å². The van der Waals surface area contributed by atoms with Gasteiger partial charge in [0.15, 0.2) is 0 Å². The highest BCUT2D eigenvalue weighted by Gasteiger charge is 2.31. The standard InChI is InChI=1S/C18H19N3O4S/c1-11-9-16(22)21(12(2)19-11)7-8-25-14-5-3-13(4-6-14)10-15-17(23)20-18(24)26-15/h3-6,9,15H,7-8,10H2,1-2H3,(H,20,23,24)/t15-/m0/s1. The lowest BCUT2D eigenvalue weighted by Crippen LogP contribution is -2.26. The molecule has 0 radical (unpaired) electrons. The fraction of sp³-hybridized carbons (Fsp3) is 0.333. The lowest BCUT2D eigenvalue weighted by molar-refractivity contribution is -0.118. The number of hydrogen-bond donors (Lipinski definition) is 1. The molecule has 136 valence electrons. The first-order valence-corrected chi connectivity index (χ1v) is 9.08. The molecule has 26 heavy (non-hydrogen) atoms. The van der Waals surface area contributed by atoms with Gasteiger partial charge in [-0.3, -0.25) is 24.3 Å². The summed E-state index contributed by atoms with van der Waals surface area (Å²) in [4.78, 5) is 39.0. The molecule has 1 fully saturated rings. The predicted octanol–water partition coefficient (Wildman–Crippen LogP) is 1.83. The van der Waals surface area contributed by atoms with Crippen molar-refractivity contribution in [2.75, 3.05) is 6.61 Å². The second kappa shape index (κ2) is 7.74. The van der Waals surface area contributed by atoms with Crippen LogP contribution in [0.25, 0.3) is 0 Å². The number of carbonyl (C=O) groups is 2. The van der Waals surface area contributed by atoms with Crippen LogP contribution >= 0.6 is 11.8 Å². The van der Waals surface area contributed by atoms with Gasteiger partial charge in [0.25, 0.3) is 10.8 Å². The van der Waals surface area contributed by atoms with Crippen LogP contribution in [0.5, 0.6) is 5.75 Å². The molecule has 1 aromatic heterocycles. The number of aromatic nitrogens is 2. The van der Waals surface area contributed by atoms with Gasteiger partial charge in [-0.05, 0) is 38.0 Å². The fourth-order valence-corrected chi connectivity index (χ4v) is 3.61. The Hall–Kier alpha value is -2.61. The number of thioether (sulfide) groups is 1. The molecule has 0 unspecified atom stereocenters. The summed E-state index contributed by atoms with van der Waals surface area (Å²) >= 11 is 1.02. The van der Waals surface area contributed by atoms with Crippen molar-refractivity contribution in [1.29, 1.82) is 0 Å². The Labute approximate surface area is 154 Å². The zero-order chi connectivity index (χ0) is 18.7. The van der Waals surface area contributed by atoms with Crippen LogP contribution in [0.3, 0.4) is 0 Å². The normalized spacial score (nSPS) is 16.6. The highest BCUT2D eigenvalue weighted by molar-refractivity contribution is 8.15. The van der Waals surface area contributed by atoms with Crippen LogP contribution < -0.4 is 15.6 Å². The van der Waals surface area contributed by atoms with E-state index in [0.29, 0.717) is 36.8 Å². The van der Waals surface area contributed by atoms with Crippen molar-refractivity contribution in [1.82, 2.24) is 14.9 Å². The third-order valence-corrected chi connectivity index (χ3v) is 5.00. The molecule has 2 aromatic rings. The molecule has 2 heterocycles. The van der Waals surface area contributed by atoms with Crippen LogP contribution in [0.1, 0.15) is 17.1 Å². The number of imide groups is 1. The Morgan fingerprint density at radius 1 is 1.19 bits per heavy atom. The van der Waals surface area contributed by atoms with E-state index in [1.807, 2.05) is 24.3 Å². The average Bonchev–Trinajstić information content (AvgIpc) is 2.89. The molecule has 1 atom stereocenters. The summed E-state index contributed by atoms with van der Waals surface area (Å²) in [5.74, 6) is 1.10. The minimum atomic E-state index is -0.377. The highest BCUT2D eigenvalue weighted by Crippen LogP contribution is 2.23. The quantitative estimate of drug-likeness (QED) is 0.831. The topological polar surface area (TPSA) is 90.3 Å². The van der Waals surface area contributed by atoms with Gasteiger partial charge in [0.2, 0.25) is 5.91 Å². The first-order chi connectivity index (χ1) is 12.4. The van der Waals surface area contributed by atoms with E-state index in [2.05, 4.69) is 10.3 Å². The molecule has 1 aromatic carbocycles. The summed E-state index contributed by atoms with van der Waals surface area (Å²) in [5, 5.41) is 1.61. The fourth-order valence-electron chi connectivity index (χ4n) is 2.75. The number of carbonyl (C=O) groups excluding carboxylic acids is 2. The monoisotopic (exact) mass is 373 g/mol. The number of nitrogens with one attached hydrogen (secondary N) is 1. The maximum absolute atomic E-state index is 12.0. The number of benzene rings is 1. The molecule has 0 bridgehead atoms. The maximum Gasteiger partial charge on any atom is 0.286 e. The van der Waals surface area contributed by atoms with Crippen molar-refractivity contribution in [3.05, 3.63) is 57.8 Å². The van der Waals surface area contributed by atoms with Crippen molar-refractivity contribution < 1.29 is 14.3 Å². The number of hydrogen-bond acceptors (Lipinski definition) is 6. The minimum absolute atomic E-state index is 0.0872. The Balaban J connectivity index is 1.54. The third kappa shape index (κ3) is 4.32. The zero-order valence-electron chi connectivity index (χ0n) is 14.5. The number of amides is 2. The van der Waals surface area contributed by atoms with Gasteiger partial charge in [-0.15, -0.1) is 0 Å². The smallest absolute Gasteiger partial charge is 0.286 e. The van der Waals surface area contributed by atoms with Gasteiger partial charge in [-0.25, -0.2) is 4.98 Å². The SMILES string of the molecule is Cc1cc(=O)n(CCOc2ccc(C[C@@H]3SC(=O)NC3=O)cc2)c(C)n1. The predicted molar refractivity (Wildman–Crippen MR) is 98.5 cm³/mol. The molecule has 1 aliphatic rings.